The first-order valence-corrected chi connectivity index (χ1v) is 7.90. The van der Waals surface area contributed by atoms with Crippen LogP contribution in [-0.4, -0.2) is 40.4 Å². The van der Waals surface area contributed by atoms with Crippen LogP contribution in [0.15, 0.2) is 0 Å². The van der Waals surface area contributed by atoms with Crippen molar-refractivity contribution >= 4 is 30.1 Å². The van der Waals surface area contributed by atoms with Crippen LogP contribution < -0.4 is 5.73 Å². The molecule has 2 rings (SSSR count). The Bertz CT molecular complexity index is 282. The highest BCUT2D eigenvalue weighted by atomic mass is 35.5. The zero-order chi connectivity index (χ0) is 12.3. The van der Waals surface area contributed by atoms with Gasteiger partial charge in [-0.2, -0.15) is 11.8 Å². The Morgan fingerprint density at radius 1 is 1.39 bits per heavy atom. The van der Waals surface area contributed by atoms with Crippen LogP contribution in [0.3, 0.4) is 0 Å². The summed E-state index contributed by atoms with van der Waals surface area (Å²) in [4.78, 5) is 14.6. The van der Waals surface area contributed by atoms with Crippen LogP contribution in [0.2, 0.25) is 0 Å². The van der Waals surface area contributed by atoms with Crippen LogP contribution in [0, 0.1) is 0 Å². The standard InChI is InChI=1S/C13H24N2OS.ClH/c1-2-11-10-15(8-9-17-11)12(16)13(14)6-4-3-5-7-13;/h11H,2-10,14H2,1H3;1H. The minimum absolute atomic E-state index is 0. The topological polar surface area (TPSA) is 46.3 Å². The van der Waals surface area contributed by atoms with Crippen LogP contribution in [0.25, 0.3) is 0 Å². The van der Waals surface area contributed by atoms with Gasteiger partial charge >= 0.3 is 0 Å². The summed E-state index contributed by atoms with van der Waals surface area (Å²) < 4.78 is 0. The van der Waals surface area contributed by atoms with Crippen LogP contribution >= 0.6 is 24.2 Å². The first-order chi connectivity index (χ1) is 8.15. The lowest BCUT2D eigenvalue weighted by atomic mass is 9.81. The first-order valence-electron chi connectivity index (χ1n) is 6.85. The number of nitrogens with zero attached hydrogens (tertiary/aromatic N) is 1. The maximum Gasteiger partial charge on any atom is 0.242 e. The molecule has 0 spiro atoms. The fraction of sp³-hybridized carbons (Fsp3) is 0.923. The molecule has 1 atom stereocenters. The van der Waals surface area contributed by atoms with Crippen molar-refractivity contribution in [1.82, 2.24) is 4.90 Å². The van der Waals surface area contributed by atoms with Crippen molar-refractivity contribution in [3.8, 4) is 0 Å². The van der Waals surface area contributed by atoms with E-state index in [9.17, 15) is 4.79 Å². The van der Waals surface area contributed by atoms with Crippen molar-refractivity contribution in [3.63, 3.8) is 0 Å². The second-order valence-electron chi connectivity index (χ2n) is 5.37. The quantitative estimate of drug-likeness (QED) is 0.850. The summed E-state index contributed by atoms with van der Waals surface area (Å²) in [5, 5.41) is 0.611. The molecule has 2 fully saturated rings. The maximum absolute atomic E-state index is 12.5. The molecule has 18 heavy (non-hydrogen) atoms. The highest BCUT2D eigenvalue weighted by molar-refractivity contribution is 8.00. The Labute approximate surface area is 121 Å². The van der Waals surface area contributed by atoms with E-state index in [1.807, 2.05) is 16.7 Å². The van der Waals surface area contributed by atoms with E-state index in [2.05, 4.69) is 6.92 Å². The van der Waals surface area contributed by atoms with Gasteiger partial charge in [0.25, 0.3) is 0 Å². The van der Waals surface area contributed by atoms with E-state index >= 15 is 0 Å². The molecule has 106 valence electrons. The minimum atomic E-state index is -0.543. The molecule has 0 aromatic heterocycles. The number of carbonyl (C=O) groups is 1. The van der Waals surface area contributed by atoms with E-state index in [-0.39, 0.29) is 18.3 Å². The fourth-order valence-corrected chi connectivity index (χ4v) is 4.04. The molecule has 1 aliphatic heterocycles. The Morgan fingerprint density at radius 3 is 2.67 bits per heavy atom. The largest absolute Gasteiger partial charge is 0.339 e. The molecule has 1 saturated heterocycles. The fourth-order valence-electron chi connectivity index (χ4n) is 2.86. The third-order valence-corrected chi connectivity index (χ3v) is 5.43. The molecule has 0 aromatic carbocycles. The predicted molar refractivity (Wildman–Crippen MR) is 80.4 cm³/mol. The van der Waals surface area contributed by atoms with E-state index in [1.165, 1.54) is 6.42 Å². The van der Waals surface area contributed by atoms with Gasteiger partial charge in [-0.1, -0.05) is 26.2 Å². The van der Waals surface area contributed by atoms with Crippen LogP contribution in [0.1, 0.15) is 45.4 Å². The van der Waals surface area contributed by atoms with Crippen molar-refractivity contribution in [2.75, 3.05) is 18.8 Å². The molecule has 1 unspecified atom stereocenters. The molecular formula is C13H25ClN2OS. The molecule has 3 nitrogen and oxygen atoms in total. The highest BCUT2D eigenvalue weighted by Gasteiger charge is 2.39. The molecular weight excluding hydrogens is 268 g/mol. The van der Waals surface area contributed by atoms with Gasteiger partial charge in [-0.15, -0.1) is 12.4 Å². The number of hydrogen-bond acceptors (Lipinski definition) is 3. The maximum atomic E-state index is 12.5. The Kier molecular flexibility index (Phi) is 6.28. The molecule has 1 heterocycles. The Balaban J connectivity index is 0.00000162. The van der Waals surface area contributed by atoms with E-state index in [0.717, 1.165) is 50.9 Å². The lowest BCUT2D eigenvalue weighted by molar-refractivity contribution is -0.138. The molecule has 0 bridgehead atoms. The molecule has 2 N–H and O–H groups in total. The first kappa shape index (κ1) is 16.1. The van der Waals surface area contributed by atoms with Gasteiger partial charge in [-0.05, 0) is 19.3 Å². The number of carbonyl (C=O) groups excluding carboxylic acids is 1. The summed E-state index contributed by atoms with van der Waals surface area (Å²) in [5.41, 5.74) is 5.78. The molecule has 0 radical (unpaired) electrons. The van der Waals surface area contributed by atoms with Crippen molar-refractivity contribution in [2.45, 2.75) is 56.2 Å². The summed E-state index contributed by atoms with van der Waals surface area (Å²) in [7, 11) is 0. The second-order valence-corrected chi connectivity index (χ2v) is 6.78. The molecule has 1 aliphatic carbocycles. The predicted octanol–water partition coefficient (Wildman–Crippen LogP) is 2.42. The number of halogens is 1. The van der Waals surface area contributed by atoms with Gasteiger partial charge in [0.2, 0.25) is 5.91 Å². The third kappa shape index (κ3) is 3.55. The minimum Gasteiger partial charge on any atom is -0.339 e. The molecule has 1 amide bonds. The molecule has 2 aliphatic rings. The van der Waals surface area contributed by atoms with E-state index in [4.69, 9.17) is 5.73 Å². The van der Waals surface area contributed by atoms with Gasteiger partial charge in [0.1, 0.15) is 0 Å². The van der Waals surface area contributed by atoms with Crippen molar-refractivity contribution in [1.29, 1.82) is 0 Å². The second kappa shape index (κ2) is 7.01. The van der Waals surface area contributed by atoms with Crippen molar-refractivity contribution < 1.29 is 4.79 Å². The van der Waals surface area contributed by atoms with Gasteiger partial charge < -0.3 is 10.6 Å². The zero-order valence-corrected chi connectivity index (χ0v) is 12.8. The smallest absolute Gasteiger partial charge is 0.242 e. The monoisotopic (exact) mass is 292 g/mol. The van der Waals surface area contributed by atoms with Gasteiger partial charge in [0.05, 0.1) is 5.54 Å². The van der Waals surface area contributed by atoms with Crippen molar-refractivity contribution in [3.05, 3.63) is 0 Å². The Hall–Kier alpha value is 0.0700. The lowest BCUT2D eigenvalue weighted by Gasteiger charge is -2.40. The average Bonchev–Trinajstić information content (AvgIpc) is 2.39. The number of rotatable bonds is 2. The molecule has 5 heteroatoms. The zero-order valence-electron chi connectivity index (χ0n) is 11.2. The van der Waals surface area contributed by atoms with Crippen LogP contribution in [0.5, 0.6) is 0 Å². The van der Waals surface area contributed by atoms with Crippen LogP contribution in [-0.2, 0) is 4.79 Å². The molecule has 1 saturated carbocycles. The van der Waals surface area contributed by atoms with Gasteiger partial charge in [-0.3, -0.25) is 4.79 Å². The summed E-state index contributed by atoms with van der Waals surface area (Å²) in [6, 6.07) is 0. The van der Waals surface area contributed by atoms with Gasteiger partial charge in [-0.25, -0.2) is 0 Å². The molecule has 0 aromatic rings. The highest BCUT2D eigenvalue weighted by Crippen LogP contribution is 2.30. The van der Waals surface area contributed by atoms with E-state index in [0.29, 0.717) is 5.25 Å². The van der Waals surface area contributed by atoms with Crippen molar-refractivity contribution in [2.24, 2.45) is 5.73 Å². The average molecular weight is 293 g/mol. The van der Waals surface area contributed by atoms with E-state index < -0.39 is 5.54 Å². The summed E-state index contributed by atoms with van der Waals surface area (Å²) in [6.45, 7) is 3.99. The van der Waals surface area contributed by atoms with Crippen LogP contribution in [0.4, 0.5) is 0 Å². The number of nitrogens with two attached hydrogens (primary N) is 1. The van der Waals surface area contributed by atoms with Gasteiger partial charge in [0.15, 0.2) is 0 Å². The SMILES string of the molecule is CCC1CN(C(=O)C2(N)CCCCC2)CCS1.Cl. The lowest BCUT2D eigenvalue weighted by Crippen LogP contribution is -2.58. The normalized spacial score (nSPS) is 27.4. The third-order valence-electron chi connectivity index (χ3n) is 4.05. The summed E-state index contributed by atoms with van der Waals surface area (Å²) in [5.74, 6) is 1.29. The van der Waals surface area contributed by atoms with E-state index in [1.54, 1.807) is 0 Å². The van der Waals surface area contributed by atoms with Gasteiger partial charge in [0, 0.05) is 24.1 Å². The number of hydrogen-bond donors (Lipinski definition) is 1. The Morgan fingerprint density at radius 2 is 2.06 bits per heavy atom. The summed E-state index contributed by atoms with van der Waals surface area (Å²) in [6.07, 6.45) is 6.37. The number of thioether (sulfide) groups is 1. The summed E-state index contributed by atoms with van der Waals surface area (Å²) >= 11 is 2.00. The number of amides is 1.